The van der Waals surface area contributed by atoms with Gasteiger partial charge >= 0.3 is 0 Å². The van der Waals surface area contributed by atoms with E-state index in [2.05, 4.69) is 45.9 Å². The minimum absolute atomic E-state index is 0.00126. The zero-order chi connectivity index (χ0) is 18.7. The Morgan fingerprint density at radius 2 is 1.92 bits per heavy atom. The van der Waals surface area contributed by atoms with Crippen LogP contribution in [-0.4, -0.2) is 17.5 Å². The van der Waals surface area contributed by atoms with Crippen LogP contribution in [0.25, 0.3) is 0 Å². The number of hydrogen-bond acceptors (Lipinski definition) is 2. The molecule has 0 saturated carbocycles. The van der Waals surface area contributed by atoms with Gasteiger partial charge in [-0.1, -0.05) is 57.4 Å². The van der Waals surface area contributed by atoms with Crippen LogP contribution in [0.15, 0.2) is 34.9 Å². The van der Waals surface area contributed by atoms with Gasteiger partial charge in [-0.2, -0.15) is 0 Å². The maximum atomic E-state index is 13.2. The Morgan fingerprint density at radius 1 is 1.16 bits per heavy atom. The summed E-state index contributed by atoms with van der Waals surface area (Å²) in [4.78, 5) is 13.2. The molecule has 0 aliphatic heterocycles. The number of unbranched alkanes of at least 4 members (excludes halogenated alkanes) is 4. The maximum Gasteiger partial charge on any atom is 0.185 e. The lowest BCUT2D eigenvalue weighted by Gasteiger charge is -2.34. The van der Waals surface area contributed by atoms with Crippen LogP contribution in [0, 0.1) is 5.41 Å². The number of rotatable bonds is 11. The van der Waals surface area contributed by atoms with Gasteiger partial charge in [0.05, 0.1) is 0 Å². The molecule has 0 aromatic carbocycles. The van der Waals surface area contributed by atoms with Crippen molar-refractivity contribution in [2.24, 2.45) is 5.41 Å². The predicted octanol–water partition coefficient (Wildman–Crippen LogP) is 6.31. The first-order chi connectivity index (χ1) is 11.9. The van der Waals surface area contributed by atoms with Crippen LogP contribution in [0.2, 0.25) is 0 Å². The first-order valence-corrected chi connectivity index (χ1v) is 10.1. The van der Waals surface area contributed by atoms with Crippen molar-refractivity contribution < 1.29 is 9.90 Å². The molecule has 2 nitrogen and oxygen atoms in total. The minimum Gasteiger partial charge on any atom is -0.396 e. The number of allylic oxidation sites excluding steroid dienone is 6. The smallest absolute Gasteiger partial charge is 0.185 e. The summed E-state index contributed by atoms with van der Waals surface area (Å²) in [7, 11) is 0. The van der Waals surface area contributed by atoms with Crippen molar-refractivity contribution in [3.8, 4) is 0 Å². The molecule has 1 rings (SSSR count). The summed E-state index contributed by atoms with van der Waals surface area (Å²) in [5.41, 5.74) is 3.32. The van der Waals surface area contributed by atoms with Crippen molar-refractivity contribution in [3.05, 3.63) is 34.9 Å². The quantitative estimate of drug-likeness (QED) is 0.270. The van der Waals surface area contributed by atoms with Gasteiger partial charge in [0, 0.05) is 12.2 Å². The van der Waals surface area contributed by atoms with Crippen LogP contribution < -0.4 is 0 Å². The summed E-state index contributed by atoms with van der Waals surface area (Å²) in [5.74, 6) is 0.278. The fourth-order valence-corrected chi connectivity index (χ4v) is 3.75. The van der Waals surface area contributed by atoms with E-state index < -0.39 is 0 Å². The van der Waals surface area contributed by atoms with E-state index in [9.17, 15) is 4.79 Å². The van der Waals surface area contributed by atoms with Gasteiger partial charge in [-0.25, -0.2) is 0 Å². The summed E-state index contributed by atoms with van der Waals surface area (Å²) in [6.45, 7) is 9.02. The number of carbonyl (C=O) groups excluding carboxylic acids is 1. The van der Waals surface area contributed by atoms with E-state index in [-0.39, 0.29) is 17.8 Å². The first kappa shape index (κ1) is 21.9. The van der Waals surface area contributed by atoms with E-state index in [4.69, 9.17) is 5.11 Å². The summed E-state index contributed by atoms with van der Waals surface area (Å²) < 4.78 is 0. The molecule has 0 unspecified atom stereocenters. The van der Waals surface area contributed by atoms with Crippen LogP contribution >= 0.6 is 0 Å². The average molecular weight is 347 g/mol. The van der Waals surface area contributed by atoms with Gasteiger partial charge in [-0.15, -0.1) is 0 Å². The van der Waals surface area contributed by atoms with Gasteiger partial charge < -0.3 is 5.11 Å². The molecule has 0 aromatic rings. The molecule has 142 valence electrons. The highest BCUT2D eigenvalue weighted by molar-refractivity contribution is 6.09. The average Bonchev–Trinajstić information content (AvgIpc) is 2.55. The zero-order valence-electron chi connectivity index (χ0n) is 16.9. The molecule has 0 radical (unpaired) electrons. The zero-order valence-corrected chi connectivity index (χ0v) is 16.9. The molecule has 25 heavy (non-hydrogen) atoms. The lowest BCUT2D eigenvalue weighted by molar-refractivity contribution is -0.113. The molecule has 1 aliphatic rings. The molecule has 0 fully saturated rings. The highest BCUT2D eigenvalue weighted by atomic mass is 16.2. The summed E-state index contributed by atoms with van der Waals surface area (Å²) in [5, 5.41) is 8.81. The topological polar surface area (TPSA) is 37.3 Å². The van der Waals surface area contributed by atoms with Gasteiger partial charge in [-0.3, -0.25) is 4.79 Å². The van der Waals surface area contributed by atoms with E-state index in [1.54, 1.807) is 0 Å². The molecule has 0 heterocycles. The van der Waals surface area contributed by atoms with Crippen molar-refractivity contribution in [2.75, 3.05) is 6.61 Å². The molecule has 0 saturated heterocycles. The van der Waals surface area contributed by atoms with Crippen molar-refractivity contribution in [2.45, 2.75) is 91.9 Å². The Hall–Kier alpha value is -1.15. The molecule has 2 heteroatoms. The van der Waals surface area contributed by atoms with Gasteiger partial charge in [0.1, 0.15) is 0 Å². The Morgan fingerprint density at radius 3 is 2.56 bits per heavy atom. The van der Waals surface area contributed by atoms with Crippen LogP contribution in [0.4, 0.5) is 0 Å². The third-order valence-electron chi connectivity index (χ3n) is 5.19. The molecule has 0 amide bonds. The predicted molar refractivity (Wildman–Crippen MR) is 108 cm³/mol. The Kier molecular flexibility index (Phi) is 10.0. The Bertz CT molecular complexity index is 506. The highest BCUT2D eigenvalue weighted by Gasteiger charge is 2.33. The molecule has 0 atom stereocenters. The molecular formula is C23H38O2. The molecule has 0 spiro atoms. The van der Waals surface area contributed by atoms with Crippen molar-refractivity contribution in [1.29, 1.82) is 0 Å². The molecule has 0 aromatic heterocycles. The van der Waals surface area contributed by atoms with Crippen LogP contribution in [0.5, 0.6) is 0 Å². The third kappa shape index (κ3) is 7.32. The monoisotopic (exact) mass is 346 g/mol. The molecule has 1 N–H and O–H groups in total. The third-order valence-corrected chi connectivity index (χ3v) is 5.19. The van der Waals surface area contributed by atoms with Crippen LogP contribution in [0.1, 0.15) is 91.9 Å². The van der Waals surface area contributed by atoms with Crippen LogP contribution in [-0.2, 0) is 4.79 Å². The van der Waals surface area contributed by atoms with Crippen molar-refractivity contribution >= 4 is 5.78 Å². The number of carbonyl (C=O) groups is 1. The van der Waals surface area contributed by atoms with Gasteiger partial charge in [0.2, 0.25) is 0 Å². The second-order valence-corrected chi connectivity index (χ2v) is 7.99. The SMILES string of the molecule is CCCC=C(CC=CCCCCCO)C(=O)C1=C(C)CCCC1(C)C. The maximum absolute atomic E-state index is 13.2. The van der Waals surface area contributed by atoms with E-state index in [0.29, 0.717) is 0 Å². The Labute approximate surface area is 155 Å². The number of aliphatic hydroxyl groups excluding tert-OH is 1. The number of Topliss-reactive ketones (excluding diaryl/α,β-unsaturated/α-hetero) is 1. The standard InChI is InChI=1S/C23H38O2/c1-5-6-15-20(16-11-9-7-8-10-12-18-24)22(25)21-19(2)14-13-17-23(21,3)4/h9,11,15,24H,5-8,10,12-14,16-18H2,1-4H3. The lowest BCUT2D eigenvalue weighted by Crippen LogP contribution is -2.27. The molecule has 0 bridgehead atoms. The van der Waals surface area contributed by atoms with Gasteiger partial charge in [0.15, 0.2) is 5.78 Å². The summed E-state index contributed by atoms with van der Waals surface area (Å²) >= 11 is 0. The number of hydrogen-bond donors (Lipinski definition) is 1. The van der Waals surface area contributed by atoms with Gasteiger partial charge in [-0.05, 0) is 69.3 Å². The number of aliphatic hydroxyl groups is 1. The summed E-state index contributed by atoms with van der Waals surface area (Å²) in [6, 6.07) is 0. The fraction of sp³-hybridized carbons (Fsp3) is 0.696. The first-order valence-electron chi connectivity index (χ1n) is 10.1. The summed E-state index contributed by atoms with van der Waals surface area (Å²) in [6.07, 6.45) is 16.7. The second kappa shape index (κ2) is 11.5. The van der Waals surface area contributed by atoms with Crippen molar-refractivity contribution in [3.63, 3.8) is 0 Å². The van der Waals surface area contributed by atoms with Crippen molar-refractivity contribution in [1.82, 2.24) is 0 Å². The fourth-order valence-electron chi connectivity index (χ4n) is 3.75. The lowest BCUT2D eigenvalue weighted by atomic mass is 9.70. The van der Waals surface area contributed by atoms with E-state index in [1.165, 1.54) is 12.0 Å². The van der Waals surface area contributed by atoms with Crippen LogP contribution in [0.3, 0.4) is 0 Å². The highest BCUT2D eigenvalue weighted by Crippen LogP contribution is 2.41. The van der Waals surface area contributed by atoms with E-state index in [1.807, 2.05) is 0 Å². The van der Waals surface area contributed by atoms with Gasteiger partial charge in [0.25, 0.3) is 0 Å². The molecule has 1 aliphatic carbocycles. The minimum atomic E-state index is -0.00126. The largest absolute Gasteiger partial charge is 0.396 e. The second-order valence-electron chi connectivity index (χ2n) is 7.99. The normalized spacial score (nSPS) is 18.2. The van der Waals surface area contributed by atoms with E-state index >= 15 is 0 Å². The van der Waals surface area contributed by atoms with E-state index in [0.717, 1.165) is 68.9 Å². The number of ketones is 1. The Balaban J connectivity index is 2.78. The molecular weight excluding hydrogens is 308 g/mol.